The zero-order chi connectivity index (χ0) is 21.5. The maximum Gasteiger partial charge on any atom is 0.251 e. The fourth-order valence-corrected chi connectivity index (χ4v) is 3.11. The second-order valence-electron chi connectivity index (χ2n) is 7.62. The van der Waals surface area contributed by atoms with Gasteiger partial charge in [-0.25, -0.2) is 4.98 Å². The average Bonchev–Trinajstić information content (AvgIpc) is 2.73. The number of nitrogens with one attached hydrogen (secondary N) is 2. The van der Waals surface area contributed by atoms with E-state index in [0.29, 0.717) is 17.0 Å². The first kappa shape index (κ1) is 21.6. The predicted octanol–water partition coefficient (Wildman–Crippen LogP) is 1.99. The maximum absolute atomic E-state index is 12.2. The van der Waals surface area contributed by atoms with E-state index in [4.69, 9.17) is 4.74 Å². The zero-order valence-electron chi connectivity index (χ0n) is 17.7. The molecule has 0 unspecified atom stereocenters. The molecule has 2 N–H and O–H groups in total. The highest BCUT2D eigenvalue weighted by atomic mass is 16.5. The summed E-state index contributed by atoms with van der Waals surface area (Å²) >= 11 is 0. The lowest BCUT2D eigenvalue weighted by Crippen LogP contribution is -2.44. The van der Waals surface area contributed by atoms with Gasteiger partial charge in [0.15, 0.2) is 0 Å². The molecule has 30 heavy (non-hydrogen) atoms. The molecule has 160 valence electrons. The Bertz CT molecular complexity index is 844. The molecule has 1 aliphatic heterocycles. The van der Waals surface area contributed by atoms with E-state index in [1.165, 1.54) is 0 Å². The summed E-state index contributed by atoms with van der Waals surface area (Å²) in [5.74, 6) is 0.980. The van der Waals surface area contributed by atoms with Gasteiger partial charge >= 0.3 is 0 Å². The molecule has 1 aromatic carbocycles. The van der Waals surface area contributed by atoms with Crippen molar-refractivity contribution in [2.45, 2.75) is 20.0 Å². The fourth-order valence-electron chi connectivity index (χ4n) is 3.11. The molecular formula is C22H29N5O3. The molecule has 0 bridgehead atoms. The van der Waals surface area contributed by atoms with Crippen molar-refractivity contribution < 1.29 is 14.3 Å². The third-order valence-electron chi connectivity index (χ3n) is 4.76. The Hall–Kier alpha value is -3.13. The minimum absolute atomic E-state index is 0.0680. The van der Waals surface area contributed by atoms with Crippen LogP contribution in [0.15, 0.2) is 42.6 Å². The number of benzene rings is 1. The van der Waals surface area contributed by atoms with Gasteiger partial charge in [-0.05, 0) is 57.3 Å². The predicted molar refractivity (Wildman–Crippen MR) is 117 cm³/mol. The van der Waals surface area contributed by atoms with Gasteiger partial charge in [0.25, 0.3) is 5.91 Å². The molecule has 0 saturated carbocycles. The van der Waals surface area contributed by atoms with Gasteiger partial charge in [-0.2, -0.15) is 0 Å². The number of ether oxygens (including phenoxy) is 1. The quantitative estimate of drug-likeness (QED) is 0.725. The van der Waals surface area contributed by atoms with E-state index in [0.717, 1.165) is 32.0 Å². The smallest absolute Gasteiger partial charge is 0.251 e. The summed E-state index contributed by atoms with van der Waals surface area (Å²) in [4.78, 5) is 33.3. The molecule has 8 heteroatoms. The Morgan fingerprint density at radius 2 is 1.77 bits per heavy atom. The lowest BCUT2D eigenvalue weighted by Gasteiger charge is -2.33. The van der Waals surface area contributed by atoms with Crippen LogP contribution < -0.4 is 20.3 Å². The van der Waals surface area contributed by atoms with Gasteiger partial charge in [0.05, 0.1) is 24.5 Å². The Morgan fingerprint density at radius 1 is 1.07 bits per heavy atom. The summed E-state index contributed by atoms with van der Waals surface area (Å²) in [6.07, 6.45) is 1.71. The van der Waals surface area contributed by atoms with Crippen LogP contribution in [0.5, 0.6) is 5.75 Å². The Morgan fingerprint density at radius 3 is 2.37 bits per heavy atom. The van der Waals surface area contributed by atoms with Crippen molar-refractivity contribution in [1.82, 2.24) is 15.2 Å². The third-order valence-corrected chi connectivity index (χ3v) is 4.76. The van der Waals surface area contributed by atoms with E-state index in [9.17, 15) is 9.59 Å². The van der Waals surface area contributed by atoms with Crippen LogP contribution in [-0.4, -0.2) is 67.6 Å². The number of aromatic nitrogens is 1. The molecule has 8 nitrogen and oxygen atoms in total. The average molecular weight is 412 g/mol. The number of nitrogens with zero attached hydrogens (tertiary/aromatic N) is 3. The number of hydrogen-bond acceptors (Lipinski definition) is 6. The SMILES string of the molecule is CC(C)Oc1ccc(C(=O)NCC(=O)Nc2ccc(N3CCN(C)CC3)nc2)cc1. The van der Waals surface area contributed by atoms with Gasteiger partial charge in [0, 0.05) is 31.7 Å². The van der Waals surface area contributed by atoms with Crippen LogP contribution in [0.4, 0.5) is 11.5 Å². The van der Waals surface area contributed by atoms with Gasteiger partial charge < -0.3 is 25.2 Å². The zero-order valence-corrected chi connectivity index (χ0v) is 17.7. The van der Waals surface area contributed by atoms with Crippen LogP contribution in [0.25, 0.3) is 0 Å². The Kier molecular flexibility index (Phi) is 7.24. The highest BCUT2D eigenvalue weighted by molar-refractivity contribution is 5.99. The van der Waals surface area contributed by atoms with Gasteiger partial charge in [0.1, 0.15) is 11.6 Å². The van der Waals surface area contributed by atoms with E-state index in [1.54, 1.807) is 30.5 Å². The number of likely N-dealkylation sites (N-methyl/N-ethyl adjacent to an activating group) is 1. The summed E-state index contributed by atoms with van der Waals surface area (Å²) < 4.78 is 5.56. The Balaban J connectivity index is 1.45. The molecule has 3 rings (SSSR count). The van der Waals surface area contributed by atoms with E-state index in [1.807, 2.05) is 26.0 Å². The number of carbonyl (C=O) groups excluding carboxylic acids is 2. The van der Waals surface area contributed by atoms with Gasteiger partial charge in [-0.15, -0.1) is 0 Å². The van der Waals surface area contributed by atoms with Crippen LogP contribution in [0.3, 0.4) is 0 Å². The molecule has 0 radical (unpaired) electrons. The molecule has 1 aromatic heterocycles. The topological polar surface area (TPSA) is 86.8 Å². The van der Waals surface area contributed by atoms with Gasteiger partial charge in [0.2, 0.25) is 5.91 Å². The molecule has 2 amide bonds. The Labute approximate surface area is 177 Å². The van der Waals surface area contributed by atoms with E-state index in [2.05, 4.69) is 32.5 Å². The summed E-state index contributed by atoms with van der Waals surface area (Å²) in [6.45, 7) is 7.64. The number of carbonyl (C=O) groups is 2. The van der Waals surface area contributed by atoms with E-state index in [-0.39, 0.29) is 24.5 Å². The van der Waals surface area contributed by atoms with E-state index >= 15 is 0 Å². The number of rotatable bonds is 7. The lowest BCUT2D eigenvalue weighted by molar-refractivity contribution is -0.115. The standard InChI is InChI=1S/C22H29N5O3/c1-16(2)30-19-7-4-17(5-8-19)22(29)24-15-21(28)25-18-6-9-20(23-14-18)27-12-10-26(3)11-13-27/h4-9,14,16H,10-13,15H2,1-3H3,(H,24,29)(H,25,28). The molecule has 0 atom stereocenters. The normalized spacial score (nSPS) is 14.5. The number of anilines is 2. The monoisotopic (exact) mass is 411 g/mol. The maximum atomic E-state index is 12.2. The van der Waals surface area contributed by atoms with Crippen LogP contribution in [0.2, 0.25) is 0 Å². The second kappa shape index (κ2) is 10.1. The molecule has 1 saturated heterocycles. The number of hydrogen-bond donors (Lipinski definition) is 2. The minimum atomic E-state index is -0.315. The molecule has 0 aliphatic carbocycles. The van der Waals surface area contributed by atoms with Crippen molar-refractivity contribution in [2.75, 3.05) is 50.0 Å². The molecule has 2 aromatic rings. The highest BCUT2D eigenvalue weighted by Crippen LogP contribution is 2.16. The van der Waals surface area contributed by atoms with Crippen molar-refractivity contribution in [1.29, 1.82) is 0 Å². The van der Waals surface area contributed by atoms with Crippen molar-refractivity contribution in [3.8, 4) is 5.75 Å². The van der Waals surface area contributed by atoms with Crippen molar-refractivity contribution >= 4 is 23.3 Å². The van der Waals surface area contributed by atoms with Crippen molar-refractivity contribution in [3.63, 3.8) is 0 Å². The highest BCUT2D eigenvalue weighted by Gasteiger charge is 2.15. The number of piperazine rings is 1. The van der Waals surface area contributed by atoms with Crippen LogP contribution >= 0.6 is 0 Å². The third kappa shape index (κ3) is 6.18. The van der Waals surface area contributed by atoms with Gasteiger partial charge in [-0.3, -0.25) is 9.59 Å². The second-order valence-corrected chi connectivity index (χ2v) is 7.62. The first-order chi connectivity index (χ1) is 14.4. The summed E-state index contributed by atoms with van der Waals surface area (Å²) in [5, 5.41) is 5.38. The number of pyridine rings is 1. The molecule has 2 heterocycles. The van der Waals surface area contributed by atoms with E-state index < -0.39 is 0 Å². The van der Waals surface area contributed by atoms with Crippen LogP contribution in [-0.2, 0) is 4.79 Å². The molecule has 0 spiro atoms. The summed E-state index contributed by atoms with van der Waals surface area (Å²) in [7, 11) is 2.11. The molecule has 1 fully saturated rings. The first-order valence-electron chi connectivity index (χ1n) is 10.1. The van der Waals surface area contributed by atoms with Gasteiger partial charge in [-0.1, -0.05) is 0 Å². The molecular weight excluding hydrogens is 382 g/mol. The van der Waals surface area contributed by atoms with Crippen LogP contribution in [0.1, 0.15) is 24.2 Å². The minimum Gasteiger partial charge on any atom is -0.491 e. The fraction of sp³-hybridized carbons (Fsp3) is 0.409. The first-order valence-corrected chi connectivity index (χ1v) is 10.1. The lowest BCUT2D eigenvalue weighted by atomic mass is 10.2. The van der Waals surface area contributed by atoms with Crippen LogP contribution in [0, 0.1) is 0 Å². The molecule has 1 aliphatic rings. The largest absolute Gasteiger partial charge is 0.491 e. The van der Waals surface area contributed by atoms with Crippen molar-refractivity contribution in [2.24, 2.45) is 0 Å². The summed E-state index contributed by atoms with van der Waals surface area (Å²) in [6, 6.07) is 10.6. The number of amides is 2. The van der Waals surface area contributed by atoms with Crippen molar-refractivity contribution in [3.05, 3.63) is 48.2 Å². The summed E-state index contributed by atoms with van der Waals surface area (Å²) in [5.41, 5.74) is 1.07.